The second-order valence-electron chi connectivity index (χ2n) is 8.01. The molecule has 2 aliphatic rings. The smallest absolute Gasteiger partial charge is 0.288 e. The molecule has 2 fully saturated rings. The average Bonchev–Trinajstić information content (AvgIpc) is 3.68. The maximum atomic E-state index is 13.5. The average molecular weight is 433 g/mol. The van der Waals surface area contributed by atoms with Crippen LogP contribution in [0.2, 0.25) is 0 Å². The molecule has 9 heteroatoms. The van der Waals surface area contributed by atoms with Crippen molar-refractivity contribution in [1.29, 1.82) is 0 Å². The topological polar surface area (TPSA) is 97.6 Å². The van der Waals surface area contributed by atoms with E-state index >= 15 is 0 Å². The van der Waals surface area contributed by atoms with Crippen molar-refractivity contribution >= 4 is 23.0 Å². The zero-order chi connectivity index (χ0) is 22.2. The van der Waals surface area contributed by atoms with Crippen LogP contribution in [0.25, 0.3) is 16.9 Å². The number of piperazine rings is 1. The van der Waals surface area contributed by atoms with Gasteiger partial charge in [0.25, 0.3) is 11.5 Å². The fourth-order valence-electron chi connectivity index (χ4n) is 4.06. The highest BCUT2D eigenvalue weighted by Gasteiger charge is 2.36. The van der Waals surface area contributed by atoms with Gasteiger partial charge >= 0.3 is 0 Å². The highest BCUT2D eigenvalue weighted by atomic mass is 16.5. The predicted molar refractivity (Wildman–Crippen MR) is 117 cm³/mol. The van der Waals surface area contributed by atoms with Gasteiger partial charge in [0, 0.05) is 38.3 Å². The molecular formula is C23H23N5O4. The molecule has 0 N–H and O–H groups in total. The normalized spacial score (nSPS) is 16.3. The highest BCUT2D eigenvalue weighted by molar-refractivity contribution is 5.94. The van der Waals surface area contributed by atoms with E-state index in [1.165, 1.54) is 11.7 Å². The molecule has 0 radical (unpaired) electrons. The molecule has 2 aromatic heterocycles. The van der Waals surface area contributed by atoms with Crippen LogP contribution in [0.1, 0.15) is 23.3 Å². The van der Waals surface area contributed by atoms with Crippen LogP contribution >= 0.6 is 0 Å². The van der Waals surface area contributed by atoms with Crippen molar-refractivity contribution in [2.24, 2.45) is 5.92 Å². The van der Waals surface area contributed by atoms with Gasteiger partial charge in [-0.2, -0.15) is 0 Å². The van der Waals surface area contributed by atoms with Gasteiger partial charge in [-0.05, 0) is 37.1 Å². The number of ether oxygens (including phenoxy) is 1. The number of aromatic nitrogens is 3. The summed E-state index contributed by atoms with van der Waals surface area (Å²) in [5, 5.41) is 0. The molecule has 1 saturated heterocycles. The molecule has 164 valence electrons. The SMILES string of the molecule is COc1ccccc1-n1c(=O)c(C(=O)N2CCN(C(=O)C3CC3)CC2)nc2cccnc21. The zero-order valence-electron chi connectivity index (χ0n) is 17.7. The minimum Gasteiger partial charge on any atom is -0.495 e. The number of hydrogen-bond acceptors (Lipinski definition) is 6. The molecule has 0 unspecified atom stereocenters. The van der Waals surface area contributed by atoms with E-state index in [2.05, 4.69) is 9.97 Å². The van der Waals surface area contributed by atoms with Crippen LogP contribution in [-0.2, 0) is 4.79 Å². The Hall–Kier alpha value is -3.75. The predicted octanol–water partition coefficient (Wildman–Crippen LogP) is 1.48. The number of hydrogen-bond donors (Lipinski definition) is 0. The second-order valence-corrected chi connectivity index (χ2v) is 8.01. The van der Waals surface area contributed by atoms with Gasteiger partial charge < -0.3 is 14.5 Å². The van der Waals surface area contributed by atoms with Gasteiger partial charge in [0.05, 0.1) is 12.8 Å². The number of methoxy groups -OCH3 is 1. The Bertz CT molecular complexity index is 1260. The summed E-state index contributed by atoms with van der Waals surface area (Å²) in [6, 6.07) is 10.5. The maximum Gasteiger partial charge on any atom is 0.288 e. The van der Waals surface area contributed by atoms with Crippen LogP contribution < -0.4 is 10.3 Å². The summed E-state index contributed by atoms with van der Waals surface area (Å²) in [6.07, 6.45) is 3.48. The zero-order valence-corrected chi connectivity index (χ0v) is 17.7. The fourth-order valence-corrected chi connectivity index (χ4v) is 4.06. The third-order valence-electron chi connectivity index (χ3n) is 5.95. The maximum absolute atomic E-state index is 13.5. The first-order chi connectivity index (χ1) is 15.6. The second kappa shape index (κ2) is 8.07. The van der Waals surface area contributed by atoms with Crippen LogP contribution in [0.4, 0.5) is 0 Å². The summed E-state index contributed by atoms with van der Waals surface area (Å²) in [5.74, 6) is 0.367. The summed E-state index contributed by atoms with van der Waals surface area (Å²) < 4.78 is 6.81. The lowest BCUT2D eigenvalue weighted by Gasteiger charge is -2.34. The number of carbonyl (C=O) groups is 2. The number of nitrogens with zero attached hydrogens (tertiary/aromatic N) is 5. The third kappa shape index (κ3) is 3.49. The first kappa shape index (κ1) is 20.2. The van der Waals surface area contributed by atoms with Crippen molar-refractivity contribution in [3.05, 3.63) is 58.6 Å². The Morgan fingerprint density at radius 2 is 1.72 bits per heavy atom. The largest absolute Gasteiger partial charge is 0.495 e. The molecule has 9 nitrogen and oxygen atoms in total. The van der Waals surface area contributed by atoms with Crippen molar-refractivity contribution in [2.45, 2.75) is 12.8 Å². The molecule has 5 rings (SSSR count). The van der Waals surface area contributed by atoms with E-state index in [1.807, 2.05) is 4.90 Å². The van der Waals surface area contributed by atoms with E-state index < -0.39 is 11.5 Å². The van der Waals surface area contributed by atoms with E-state index in [0.717, 1.165) is 12.8 Å². The minimum atomic E-state index is -0.554. The lowest BCUT2D eigenvalue weighted by Crippen LogP contribution is -2.52. The Morgan fingerprint density at radius 1 is 1.00 bits per heavy atom. The van der Waals surface area contributed by atoms with E-state index in [9.17, 15) is 14.4 Å². The van der Waals surface area contributed by atoms with Crippen molar-refractivity contribution in [3.63, 3.8) is 0 Å². The molecule has 0 bridgehead atoms. The first-order valence-corrected chi connectivity index (χ1v) is 10.7. The van der Waals surface area contributed by atoms with Gasteiger partial charge in [-0.1, -0.05) is 12.1 Å². The summed E-state index contributed by atoms with van der Waals surface area (Å²) >= 11 is 0. The summed E-state index contributed by atoms with van der Waals surface area (Å²) in [5.41, 5.74) is 0.544. The number of amides is 2. The first-order valence-electron chi connectivity index (χ1n) is 10.7. The molecule has 1 saturated carbocycles. The van der Waals surface area contributed by atoms with Gasteiger partial charge in [-0.15, -0.1) is 0 Å². The molecule has 3 aromatic rings. The molecule has 32 heavy (non-hydrogen) atoms. The van der Waals surface area contributed by atoms with E-state index in [-0.39, 0.29) is 17.5 Å². The minimum absolute atomic E-state index is 0.153. The third-order valence-corrected chi connectivity index (χ3v) is 5.95. The number of carbonyl (C=O) groups excluding carboxylic acids is 2. The van der Waals surface area contributed by atoms with E-state index in [4.69, 9.17) is 4.74 Å². The molecule has 1 aromatic carbocycles. The number of benzene rings is 1. The number of rotatable bonds is 4. The van der Waals surface area contributed by atoms with Crippen LogP contribution in [-0.4, -0.2) is 69.4 Å². The molecular weight excluding hydrogens is 410 g/mol. The lowest BCUT2D eigenvalue weighted by molar-refractivity contribution is -0.134. The van der Waals surface area contributed by atoms with Crippen LogP contribution in [0, 0.1) is 5.92 Å². The van der Waals surface area contributed by atoms with Crippen LogP contribution in [0.3, 0.4) is 0 Å². The number of pyridine rings is 1. The number of fused-ring (bicyclic) bond motifs is 1. The van der Waals surface area contributed by atoms with Crippen LogP contribution in [0.15, 0.2) is 47.4 Å². The monoisotopic (exact) mass is 433 g/mol. The van der Waals surface area contributed by atoms with Gasteiger partial charge in [0.1, 0.15) is 11.3 Å². The quantitative estimate of drug-likeness (QED) is 0.618. The highest BCUT2D eigenvalue weighted by Crippen LogP contribution is 2.31. The van der Waals surface area contributed by atoms with Crippen molar-refractivity contribution in [2.75, 3.05) is 33.3 Å². The van der Waals surface area contributed by atoms with Gasteiger partial charge in [-0.25, -0.2) is 9.97 Å². The van der Waals surface area contributed by atoms with E-state index in [0.29, 0.717) is 48.8 Å². The van der Waals surface area contributed by atoms with Gasteiger partial charge in [0.15, 0.2) is 11.3 Å². The Balaban J connectivity index is 1.52. The molecule has 1 aliphatic carbocycles. The van der Waals surface area contributed by atoms with Crippen molar-refractivity contribution in [1.82, 2.24) is 24.3 Å². The molecule has 3 heterocycles. The van der Waals surface area contributed by atoms with Crippen molar-refractivity contribution in [3.8, 4) is 11.4 Å². The van der Waals surface area contributed by atoms with Gasteiger partial charge in [-0.3, -0.25) is 19.0 Å². The lowest BCUT2D eigenvalue weighted by atomic mass is 10.2. The Morgan fingerprint density at radius 3 is 2.44 bits per heavy atom. The molecule has 0 spiro atoms. The van der Waals surface area contributed by atoms with Crippen LogP contribution in [0.5, 0.6) is 5.75 Å². The Labute approximate surface area is 184 Å². The standard InChI is InChI=1S/C23H23N5O4/c1-32-18-7-3-2-6-17(18)28-20-16(5-4-10-24-20)25-19(23(28)31)22(30)27-13-11-26(12-14-27)21(29)15-8-9-15/h2-7,10,15H,8-9,11-14H2,1H3. The summed E-state index contributed by atoms with van der Waals surface area (Å²) in [4.78, 5) is 51.2. The van der Waals surface area contributed by atoms with Crippen molar-refractivity contribution < 1.29 is 14.3 Å². The Kier molecular flexibility index (Phi) is 5.08. The van der Waals surface area contributed by atoms with E-state index in [1.54, 1.807) is 47.5 Å². The fraction of sp³-hybridized carbons (Fsp3) is 0.348. The summed E-state index contributed by atoms with van der Waals surface area (Å²) in [6.45, 7) is 1.68. The molecule has 2 amide bonds. The number of para-hydroxylation sites is 2. The summed E-state index contributed by atoms with van der Waals surface area (Å²) in [7, 11) is 1.52. The molecule has 0 atom stereocenters. The molecule has 1 aliphatic heterocycles. The van der Waals surface area contributed by atoms with Gasteiger partial charge in [0.2, 0.25) is 5.91 Å².